The number of hydrogen-bond acceptors (Lipinski definition) is 4. The molecule has 0 radical (unpaired) electrons. The van der Waals surface area contributed by atoms with Crippen molar-refractivity contribution in [2.75, 3.05) is 12.4 Å². The number of nitrogens with one attached hydrogen (secondary N) is 2. The Bertz CT molecular complexity index is 594. The predicted octanol–water partition coefficient (Wildman–Crippen LogP) is 3.04. The zero-order valence-electron chi connectivity index (χ0n) is 11.9. The summed E-state index contributed by atoms with van der Waals surface area (Å²) < 4.78 is 5.07. The van der Waals surface area contributed by atoms with Gasteiger partial charge < -0.3 is 15.4 Å². The lowest BCUT2D eigenvalue weighted by Gasteiger charge is -2.10. The molecule has 0 bridgehead atoms. The SMILES string of the molecule is COc1ccc([N+](=O)[O-])cc1NC(=O)N/C=C(\C)C1CC1. The number of carbonyl (C=O) groups excluding carboxylic acids is 1. The van der Waals surface area contributed by atoms with Crippen LogP contribution in [-0.4, -0.2) is 18.1 Å². The lowest BCUT2D eigenvalue weighted by molar-refractivity contribution is -0.384. The van der Waals surface area contributed by atoms with Crippen LogP contribution < -0.4 is 15.4 Å². The minimum atomic E-state index is -0.528. The predicted molar refractivity (Wildman–Crippen MR) is 78.3 cm³/mol. The molecule has 2 N–H and O–H groups in total. The molecule has 112 valence electrons. The zero-order valence-corrected chi connectivity index (χ0v) is 11.9. The van der Waals surface area contributed by atoms with Gasteiger partial charge in [-0.2, -0.15) is 0 Å². The van der Waals surface area contributed by atoms with E-state index in [1.165, 1.54) is 25.3 Å². The van der Waals surface area contributed by atoms with Gasteiger partial charge in [-0.3, -0.25) is 10.1 Å². The number of rotatable bonds is 5. The first kappa shape index (κ1) is 14.8. The molecule has 7 heteroatoms. The highest BCUT2D eigenvalue weighted by Crippen LogP contribution is 2.35. The molecule has 0 unspecified atom stereocenters. The summed E-state index contributed by atoms with van der Waals surface area (Å²) in [6.07, 6.45) is 3.98. The Kier molecular flexibility index (Phi) is 4.42. The lowest BCUT2D eigenvalue weighted by atomic mass is 10.2. The third-order valence-electron chi connectivity index (χ3n) is 3.29. The van der Waals surface area contributed by atoms with Crippen LogP contribution in [0.25, 0.3) is 0 Å². The Balaban J connectivity index is 2.06. The molecule has 0 saturated heterocycles. The van der Waals surface area contributed by atoms with Crippen molar-refractivity contribution in [3.05, 3.63) is 40.1 Å². The molecular formula is C14H17N3O4. The number of methoxy groups -OCH3 is 1. The van der Waals surface area contributed by atoms with Crippen molar-refractivity contribution >= 4 is 17.4 Å². The molecular weight excluding hydrogens is 274 g/mol. The molecule has 1 aliphatic rings. The third-order valence-corrected chi connectivity index (χ3v) is 3.29. The summed E-state index contributed by atoms with van der Waals surface area (Å²) in [6.45, 7) is 1.96. The molecule has 0 atom stereocenters. The fraction of sp³-hybridized carbons (Fsp3) is 0.357. The standard InChI is InChI=1S/C14H17N3O4/c1-9(10-3-4-10)8-15-14(18)16-12-7-11(17(19)20)5-6-13(12)21-2/h5-8,10H,3-4H2,1-2H3,(H2,15,16,18)/b9-8+. The second-order valence-electron chi connectivity index (χ2n) is 4.90. The van der Waals surface area contributed by atoms with Gasteiger partial charge in [-0.1, -0.05) is 5.57 Å². The van der Waals surface area contributed by atoms with E-state index in [1.807, 2.05) is 6.92 Å². The van der Waals surface area contributed by atoms with Crippen LogP contribution in [-0.2, 0) is 0 Å². The number of nitro benzene ring substituents is 1. The molecule has 7 nitrogen and oxygen atoms in total. The highest BCUT2D eigenvalue weighted by molar-refractivity contribution is 5.92. The average Bonchev–Trinajstić information content (AvgIpc) is 3.29. The number of nitrogens with zero attached hydrogens (tertiary/aromatic N) is 1. The Hall–Kier alpha value is -2.57. The van der Waals surface area contributed by atoms with E-state index in [2.05, 4.69) is 10.6 Å². The number of amides is 2. The first-order valence-electron chi connectivity index (χ1n) is 6.58. The first-order valence-corrected chi connectivity index (χ1v) is 6.58. The first-order chi connectivity index (χ1) is 10.0. The Morgan fingerprint density at radius 3 is 2.76 bits per heavy atom. The van der Waals surface area contributed by atoms with Gasteiger partial charge in [0, 0.05) is 18.3 Å². The van der Waals surface area contributed by atoms with Gasteiger partial charge in [0.25, 0.3) is 5.69 Å². The van der Waals surface area contributed by atoms with Gasteiger partial charge in [0.1, 0.15) is 5.75 Å². The zero-order chi connectivity index (χ0) is 15.4. The van der Waals surface area contributed by atoms with Crippen molar-refractivity contribution in [1.29, 1.82) is 0 Å². The van der Waals surface area contributed by atoms with E-state index in [9.17, 15) is 14.9 Å². The maximum Gasteiger partial charge on any atom is 0.323 e. The van der Waals surface area contributed by atoms with E-state index < -0.39 is 11.0 Å². The summed E-state index contributed by atoms with van der Waals surface area (Å²) in [5.41, 5.74) is 1.26. The van der Waals surface area contributed by atoms with Crippen molar-refractivity contribution < 1.29 is 14.5 Å². The topological polar surface area (TPSA) is 93.5 Å². The van der Waals surface area contributed by atoms with Gasteiger partial charge in [-0.05, 0) is 31.7 Å². The summed E-state index contributed by atoms with van der Waals surface area (Å²) in [5.74, 6) is 0.927. The number of nitro groups is 1. The van der Waals surface area contributed by atoms with Crippen molar-refractivity contribution in [3.63, 3.8) is 0 Å². The van der Waals surface area contributed by atoms with Gasteiger partial charge in [0.2, 0.25) is 0 Å². The normalized spacial score (nSPS) is 14.5. The van der Waals surface area contributed by atoms with Crippen LogP contribution in [0.2, 0.25) is 0 Å². The third kappa shape index (κ3) is 3.95. The number of ether oxygens (including phenoxy) is 1. The molecule has 0 aliphatic heterocycles. The van der Waals surface area contributed by atoms with Gasteiger partial charge in [-0.15, -0.1) is 0 Å². The number of hydrogen-bond donors (Lipinski definition) is 2. The molecule has 1 saturated carbocycles. The van der Waals surface area contributed by atoms with E-state index in [1.54, 1.807) is 6.20 Å². The number of non-ortho nitro benzene ring substituents is 1. The van der Waals surface area contributed by atoms with Crippen LogP contribution >= 0.6 is 0 Å². The second-order valence-corrected chi connectivity index (χ2v) is 4.90. The molecule has 21 heavy (non-hydrogen) atoms. The Labute approximate surface area is 122 Å². The number of urea groups is 1. The van der Waals surface area contributed by atoms with Crippen molar-refractivity contribution in [3.8, 4) is 5.75 Å². The van der Waals surface area contributed by atoms with Gasteiger partial charge in [-0.25, -0.2) is 4.79 Å². The minimum Gasteiger partial charge on any atom is -0.495 e. The highest BCUT2D eigenvalue weighted by Gasteiger charge is 2.23. The van der Waals surface area contributed by atoms with Crippen LogP contribution in [0, 0.1) is 16.0 Å². The van der Waals surface area contributed by atoms with E-state index >= 15 is 0 Å². The quantitative estimate of drug-likeness (QED) is 0.644. The van der Waals surface area contributed by atoms with Gasteiger partial charge in [0.15, 0.2) is 0 Å². The van der Waals surface area contributed by atoms with E-state index in [0.29, 0.717) is 11.7 Å². The minimum absolute atomic E-state index is 0.115. The molecule has 2 rings (SSSR count). The maximum atomic E-state index is 11.8. The summed E-state index contributed by atoms with van der Waals surface area (Å²) in [4.78, 5) is 22.1. The van der Waals surface area contributed by atoms with Crippen LogP contribution in [0.5, 0.6) is 5.75 Å². The summed E-state index contributed by atoms with van der Waals surface area (Å²) >= 11 is 0. The molecule has 1 aliphatic carbocycles. The Morgan fingerprint density at radius 1 is 1.48 bits per heavy atom. The van der Waals surface area contributed by atoms with Crippen molar-refractivity contribution in [2.24, 2.45) is 5.92 Å². The monoisotopic (exact) mass is 291 g/mol. The molecule has 0 spiro atoms. The fourth-order valence-electron chi connectivity index (χ4n) is 1.90. The van der Waals surface area contributed by atoms with Gasteiger partial charge in [0.05, 0.1) is 17.7 Å². The average molecular weight is 291 g/mol. The molecule has 0 heterocycles. The number of carbonyl (C=O) groups is 1. The maximum absolute atomic E-state index is 11.8. The number of benzene rings is 1. The van der Waals surface area contributed by atoms with Crippen LogP contribution in [0.1, 0.15) is 19.8 Å². The summed E-state index contributed by atoms with van der Waals surface area (Å²) in [5, 5.41) is 15.9. The summed E-state index contributed by atoms with van der Waals surface area (Å²) in [6, 6.07) is 3.56. The second kappa shape index (κ2) is 6.25. The lowest BCUT2D eigenvalue weighted by Crippen LogP contribution is -2.24. The molecule has 1 aromatic rings. The fourth-order valence-corrected chi connectivity index (χ4v) is 1.90. The van der Waals surface area contributed by atoms with E-state index in [-0.39, 0.29) is 11.4 Å². The van der Waals surface area contributed by atoms with Gasteiger partial charge >= 0.3 is 6.03 Å². The largest absolute Gasteiger partial charge is 0.495 e. The van der Waals surface area contributed by atoms with E-state index in [0.717, 1.165) is 18.4 Å². The van der Waals surface area contributed by atoms with E-state index in [4.69, 9.17) is 4.74 Å². The summed E-state index contributed by atoms with van der Waals surface area (Å²) in [7, 11) is 1.43. The van der Waals surface area contributed by atoms with Crippen molar-refractivity contribution in [2.45, 2.75) is 19.8 Å². The van der Waals surface area contributed by atoms with Crippen LogP contribution in [0.15, 0.2) is 30.0 Å². The molecule has 0 aromatic heterocycles. The van der Waals surface area contributed by atoms with Crippen LogP contribution in [0.4, 0.5) is 16.2 Å². The highest BCUT2D eigenvalue weighted by atomic mass is 16.6. The molecule has 2 amide bonds. The van der Waals surface area contributed by atoms with Crippen molar-refractivity contribution in [1.82, 2.24) is 5.32 Å². The molecule has 1 aromatic carbocycles. The van der Waals surface area contributed by atoms with Crippen LogP contribution in [0.3, 0.4) is 0 Å². The number of anilines is 1. The molecule has 1 fully saturated rings. The smallest absolute Gasteiger partial charge is 0.323 e. The number of allylic oxidation sites excluding steroid dienone is 1. The Morgan fingerprint density at radius 2 is 2.19 bits per heavy atom.